The summed E-state index contributed by atoms with van der Waals surface area (Å²) in [4.78, 5) is 13.4. The predicted octanol–water partition coefficient (Wildman–Crippen LogP) is 3.31. The molecule has 1 aromatic carbocycles. The highest BCUT2D eigenvalue weighted by molar-refractivity contribution is 7.10. The van der Waals surface area contributed by atoms with E-state index in [0.717, 1.165) is 12.0 Å². The minimum absolute atomic E-state index is 0.0334. The molecule has 2 rings (SSSR count). The number of aryl methyl sites for hydroxylation is 1. The van der Waals surface area contributed by atoms with Crippen LogP contribution in [0.25, 0.3) is 0 Å². The molecule has 0 fully saturated rings. The summed E-state index contributed by atoms with van der Waals surface area (Å²) in [6, 6.07) is 9.61. The van der Waals surface area contributed by atoms with Gasteiger partial charge in [0, 0.05) is 10.6 Å². The molecule has 1 heterocycles. The van der Waals surface area contributed by atoms with Crippen LogP contribution in [-0.2, 0) is 17.8 Å². The third kappa shape index (κ3) is 3.39. The molecule has 3 N–H and O–H groups in total. The lowest BCUT2D eigenvalue weighted by atomic mass is 10.00. The van der Waals surface area contributed by atoms with Gasteiger partial charge in [-0.25, -0.2) is 0 Å². The molecule has 0 aliphatic heterocycles. The number of carbonyl (C=O) groups is 1. The second-order valence-electron chi connectivity index (χ2n) is 4.83. The largest absolute Gasteiger partial charge is 0.399 e. The fourth-order valence-electron chi connectivity index (χ4n) is 2.14. The first kappa shape index (κ1) is 14.6. The van der Waals surface area contributed by atoms with E-state index >= 15 is 0 Å². The third-order valence-corrected chi connectivity index (χ3v) is 4.41. The van der Waals surface area contributed by atoms with Crippen molar-refractivity contribution < 1.29 is 4.79 Å². The summed E-state index contributed by atoms with van der Waals surface area (Å²) in [5.74, 6) is -0.158. The van der Waals surface area contributed by atoms with Gasteiger partial charge in [0.2, 0.25) is 5.91 Å². The van der Waals surface area contributed by atoms with Crippen molar-refractivity contribution in [3.05, 3.63) is 51.7 Å². The molecule has 1 unspecified atom stereocenters. The van der Waals surface area contributed by atoms with Crippen LogP contribution in [0.15, 0.2) is 35.7 Å². The highest BCUT2D eigenvalue weighted by Gasteiger charge is 2.15. The normalized spacial score (nSPS) is 12.1. The monoisotopic (exact) mass is 288 g/mol. The first-order chi connectivity index (χ1) is 9.61. The molecule has 1 atom stereocenters. The molecule has 0 bridgehead atoms. The van der Waals surface area contributed by atoms with Crippen LogP contribution in [0.1, 0.15) is 35.8 Å². The standard InChI is InChI=1S/C16H20N2OS/c1-3-12-7-8-20-15(12)10-18-16(19)11(2)13-5-4-6-14(17)9-13/h4-9,11H,3,10,17H2,1-2H3,(H,18,19). The Morgan fingerprint density at radius 1 is 1.40 bits per heavy atom. The maximum atomic E-state index is 12.2. The van der Waals surface area contributed by atoms with Gasteiger partial charge in [-0.05, 0) is 48.1 Å². The molecular weight excluding hydrogens is 268 g/mol. The number of amides is 1. The Labute approximate surface area is 123 Å². The number of hydrogen-bond acceptors (Lipinski definition) is 3. The van der Waals surface area contributed by atoms with Crippen LogP contribution >= 0.6 is 11.3 Å². The van der Waals surface area contributed by atoms with Gasteiger partial charge in [0.25, 0.3) is 0 Å². The van der Waals surface area contributed by atoms with E-state index in [1.165, 1.54) is 10.4 Å². The summed E-state index contributed by atoms with van der Waals surface area (Å²) in [6.45, 7) is 4.63. The molecule has 3 nitrogen and oxygen atoms in total. The molecule has 0 saturated carbocycles. The molecule has 0 spiro atoms. The van der Waals surface area contributed by atoms with Crippen molar-refractivity contribution in [3.63, 3.8) is 0 Å². The van der Waals surface area contributed by atoms with Gasteiger partial charge in [0.05, 0.1) is 12.5 Å². The number of nitrogen functional groups attached to an aromatic ring is 1. The highest BCUT2D eigenvalue weighted by Crippen LogP contribution is 2.20. The molecule has 0 aliphatic rings. The van der Waals surface area contributed by atoms with Crippen molar-refractivity contribution in [2.75, 3.05) is 5.73 Å². The lowest BCUT2D eigenvalue weighted by Gasteiger charge is -2.13. The van der Waals surface area contributed by atoms with Gasteiger partial charge in [0.15, 0.2) is 0 Å². The zero-order valence-corrected chi connectivity index (χ0v) is 12.7. The summed E-state index contributed by atoms with van der Waals surface area (Å²) < 4.78 is 0. The van der Waals surface area contributed by atoms with Crippen molar-refractivity contribution >= 4 is 22.9 Å². The second kappa shape index (κ2) is 6.57. The lowest BCUT2D eigenvalue weighted by Crippen LogP contribution is -2.27. The lowest BCUT2D eigenvalue weighted by molar-refractivity contribution is -0.122. The Bertz CT molecular complexity index is 592. The Morgan fingerprint density at radius 2 is 2.20 bits per heavy atom. The molecule has 1 aromatic heterocycles. The number of hydrogen-bond donors (Lipinski definition) is 2. The zero-order valence-electron chi connectivity index (χ0n) is 11.8. The third-order valence-electron chi connectivity index (χ3n) is 3.45. The SMILES string of the molecule is CCc1ccsc1CNC(=O)C(C)c1cccc(N)c1. The zero-order chi connectivity index (χ0) is 14.5. The van der Waals surface area contributed by atoms with Gasteiger partial charge in [0.1, 0.15) is 0 Å². The van der Waals surface area contributed by atoms with Crippen LogP contribution < -0.4 is 11.1 Å². The molecule has 0 radical (unpaired) electrons. The number of rotatable bonds is 5. The van der Waals surface area contributed by atoms with E-state index in [-0.39, 0.29) is 11.8 Å². The summed E-state index contributed by atoms with van der Waals surface area (Å²) in [5, 5.41) is 5.08. The number of nitrogens with one attached hydrogen (secondary N) is 1. The van der Waals surface area contributed by atoms with Crippen LogP contribution in [0.2, 0.25) is 0 Å². The number of nitrogens with two attached hydrogens (primary N) is 1. The maximum Gasteiger partial charge on any atom is 0.227 e. The minimum Gasteiger partial charge on any atom is -0.399 e. The minimum atomic E-state index is -0.191. The van der Waals surface area contributed by atoms with E-state index in [2.05, 4.69) is 23.7 Å². The molecule has 106 valence electrons. The van der Waals surface area contributed by atoms with E-state index in [1.807, 2.05) is 31.2 Å². The number of thiophene rings is 1. The van der Waals surface area contributed by atoms with Crippen molar-refractivity contribution in [1.82, 2.24) is 5.32 Å². The predicted molar refractivity (Wildman–Crippen MR) is 84.8 cm³/mol. The van der Waals surface area contributed by atoms with Crippen LogP contribution in [0, 0.1) is 0 Å². The van der Waals surface area contributed by atoms with Crippen molar-refractivity contribution in [2.24, 2.45) is 0 Å². The quantitative estimate of drug-likeness (QED) is 0.829. The Kier molecular flexibility index (Phi) is 4.79. The van der Waals surface area contributed by atoms with E-state index in [9.17, 15) is 4.79 Å². The van der Waals surface area contributed by atoms with Gasteiger partial charge in [-0.2, -0.15) is 0 Å². The van der Waals surface area contributed by atoms with E-state index in [1.54, 1.807) is 11.3 Å². The number of benzene rings is 1. The maximum absolute atomic E-state index is 12.2. The first-order valence-electron chi connectivity index (χ1n) is 6.80. The molecule has 0 aliphatic carbocycles. The molecule has 4 heteroatoms. The van der Waals surface area contributed by atoms with Crippen LogP contribution in [0.5, 0.6) is 0 Å². The Morgan fingerprint density at radius 3 is 2.90 bits per heavy atom. The average Bonchev–Trinajstić information content (AvgIpc) is 2.91. The van der Waals surface area contributed by atoms with Crippen molar-refractivity contribution in [3.8, 4) is 0 Å². The summed E-state index contributed by atoms with van der Waals surface area (Å²) in [7, 11) is 0. The fourth-order valence-corrected chi connectivity index (χ4v) is 3.05. The smallest absolute Gasteiger partial charge is 0.227 e. The van der Waals surface area contributed by atoms with Gasteiger partial charge >= 0.3 is 0 Å². The van der Waals surface area contributed by atoms with Gasteiger partial charge < -0.3 is 11.1 Å². The number of anilines is 1. The van der Waals surface area contributed by atoms with Crippen molar-refractivity contribution in [1.29, 1.82) is 0 Å². The average molecular weight is 288 g/mol. The van der Waals surface area contributed by atoms with Crippen LogP contribution in [0.4, 0.5) is 5.69 Å². The van der Waals surface area contributed by atoms with Gasteiger partial charge in [-0.1, -0.05) is 19.1 Å². The van der Waals surface area contributed by atoms with E-state index in [4.69, 9.17) is 5.73 Å². The van der Waals surface area contributed by atoms with Crippen LogP contribution in [0.3, 0.4) is 0 Å². The Hall–Kier alpha value is -1.81. The van der Waals surface area contributed by atoms with E-state index in [0.29, 0.717) is 12.2 Å². The van der Waals surface area contributed by atoms with Crippen molar-refractivity contribution in [2.45, 2.75) is 32.7 Å². The Balaban J connectivity index is 1.98. The molecular formula is C16H20N2OS. The summed E-state index contributed by atoms with van der Waals surface area (Å²) in [6.07, 6.45) is 0.999. The summed E-state index contributed by atoms with van der Waals surface area (Å²) in [5.41, 5.74) is 8.70. The fraction of sp³-hybridized carbons (Fsp3) is 0.312. The highest BCUT2D eigenvalue weighted by atomic mass is 32.1. The van der Waals surface area contributed by atoms with E-state index < -0.39 is 0 Å². The molecule has 1 amide bonds. The molecule has 20 heavy (non-hydrogen) atoms. The van der Waals surface area contributed by atoms with Gasteiger partial charge in [-0.15, -0.1) is 11.3 Å². The molecule has 0 saturated heterocycles. The topological polar surface area (TPSA) is 55.1 Å². The first-order valence-corrected chi connectivity index (χ1v) is 7.68. The summed E-state index contributed by atoms with van der Waals surface area (Å²) >= 11 is 1.69. The second-order valence-corrected chi connectivity index (χ2v) is 5.83. The van der Waals surface area contributed by atoms with Crippen LogP contribution in [-0.4, -0.2) is 5.91 Å². The molecule has 2 aromatic rings. The number of carbonyl (C=O) groups excluding carboxylic acids is 1. The van der Waals surface area contributed by atoms with Gasteiger partial charge in [-0.3, -0.25) is 4.79 Å².